The van der Waals surface area contributed by atoms with Crippen LogP contribution in [0, 0.1) is 13.8 Å². The zero-order valence-electron chi connectivity index (χ0n) is 28.0. The monoisotopic (exact) mass is 698 g/mol. The first-order valence-corrected chi connectivity index (χ1v) is 19.0. The number of hydrogen-bond acceptors (Lipinski definition) is 10. The van der Waals surface area contributed by atoms with Gasteiger partial charge in [-0.2, -0.15) is 0 Å². The molecule has 0 spiro atoms. The van der Waals surface area contributed by atoms with Gasteiger partial charge in [0.25, 0.3) is 0 Å². The molecule has 1 aromatic carbocycles. The molecule has 0 N–H and O–H groups in total. The minimum atomic E-state index is -2.16. The summed E-state index contributed by atoms with van der Waals surface area (Å²) < 4.78 is 22.9. The van der Waals surface area contributed by atoms with E-state index < -0.39 is 14.4 Å². The van der Waals surface area contributed by atoms with Gasteiger partial charge in [-0.15, -0.1) is 0 Å². The lowest BCUT2D eigenvalue weighted by Gasteiger charge is -2.37. The summed E-state index contributed by atoms with van der Waals surface area (Å²) in [6.07, 6.45) is 1.72. The lowest BCUT2D eigenvalue weighted by Crippen LogP contribution is -2.47. The van der Waals surface area contributed by atoms with E-state index in [4.69, 9.17) is 51.7 Å². The van der Waals surface area contributed by atoms with Gasteiger partial charge in [-0.05, 0) is 61.8 Å². The van der Waals surface area contributed by atoms with Gasteiger partial charge in [-0.1, -0.05) is 55.2 Å². The number of anilines is 1. The quantitative estimate of drug-likeness (QED) is 0.0908. The number of hydrogen-bond donors (Lipinski definition) is 0. The van der Waals surface area contributed by atoms with Crippen molar-refractivity contribution in [1.82, 2.24) is 25.2 Å². The van der Waals surface area contributed by atoms with Crippen molar-refractivity contribution < 1.29 is 23.3 Å². The Bertz CT molecular complexity index is 1730. The Morgan fingerprint density at radius 1 is 1.11 bits per heavy atom. The van der Waals surface area contributed by atoms with Crippen molar-refractivity contribution in [3.05, 3.63) is 69.3 Å². The van der Waals surface area contributed by atoms with Gasteiger partial charge in [0.15, 0.2) is 11.6 Å². The van der Waals surface area contributed by atoms with E-state index in [9.17, 15) is 4.79 Å². The second-order valence-corrected chi connectivity index (χ2v) is 18.5. The average Bonchev–Trinajstić information content (AvgIpc) is 3.59. The average molecular weight is 700 g/mol. The predicted molar refractivity (Wildman–Crippen MR) is 184 cm³/mol. The van der Waals surface area contributed by atoms with Crippen LogP contribution >= 0.6 is 23.2 Å². The van der Waals surface area contributed by atoms with E-state index in [1.54, 1.807) is 31.4 Å². The number of fused-ring (bicyclic) bond motifs is 1. The highest BCUT2D eigenvalue weighted by Crippen LogP contribution is 2.42. The number of rotatable bonds is 10. The van der Waals surface area contributed by atoms with E-state index in [-0.39, 0.29) is 11.6 Å². The number of nitrogens with zero attached hydrogens (tertiary/aromatic N) is 6. The van der Waals surface area contributed by atoms with Crippen LogP contribution in [-0.4, -0.2) is 59.8 Å². The summed E-state index contributed by atoms with van der Waals surface area (Å²) in [5.74, 6) is 2.08. The zero-order valence-corrected chi connectivity index (χ0v) is 30.5. The summed E-state index contributed by atoms with van der Waals surface area (Å²) in [7, 11) is -0.584. The van der Waals surface area contributed by atoms with Gasteiger partial charge < -0.3 is 23.4 Å². The largest absolute Gasteiger partial charge is 0.493 e. The third-order valence-corrected chi connectivity index (χ3v) is 13.5. The molecule has 250 valence electrons. The molecule has 0 bridgehead atoms. The molecule has 4 aromatic rings. The number of halogens is 2. The maximum absolute atomic E-state index is 12.5. The van der Waals surface area contributed by atoms with Crippen LogP contribution < -0.4 is 9.64 Å². The third-order valence-electron chi connectivity index (χ3n) is 8.48. The highest BCUT2D eigenvalue weighted by molar-refractivity contribution is 6.74. The Balaban J connectivity index is 1.32. The van der Waals surface area contributed by atoms with Crippen LogP contribution in [-0.2, 0) is 22.4 Å². The highest BCUT2D eigenvalue weighted by atomic mass is 35.5. The molecular formula is C33H40Cl2N6O5Si. The number of pyridine rings is 1. The third kappa shape index (κ3) is 7.56. The minimum Gasteiger partial charge on any atom is -0.493 e. The molecule has 1 aliphatic heterocycles. The number of benzene rings is 1. The Kier molecular flexibility index (Phi) is 10.2. The van der Waals surface area contributed by atoms with E-state index in [1.807, 2.05) is 26.0 Å². The molecular weight excluding hydrogens is 659 g/mol. The van der Waals surface area contributed by atoms with Crippen LogP contribution in [0.1, 0.15) is 49.9 Å². The van der Waals surface area contributed by atoms with E-state index >= 15 is 0 Å². The first-order valence-electron chi connectivity index (χ1n) is 15.4. The molecule has 0 atom stereocenters. The fourth-order valence-electron chi connectivity index (χ4n) is 4.88. The molecule has 47 heavy (non-hydrogen) atoms. The van der Waals surface area contributed by atoms with Crippen LogP contribution in [0.3, 0.4) is 0 Å². The summed E-state index contributed by atoms with van der Waals surface area (Å²) in [5, 5.41) is 6.10. The molecule has 1 aliphatic rings. The summed E-state index contributed by atoms with van der Waals surface area (Å²) in [4.78, 5) is 28.9. The second kappa shape index (κ2) is 13.8. The zero-order chi connectivity index (χ0) is 34.1. The molecule has 0 aliphatic carbocycles. The maximum atomic E-state index is 12.5. The van der Waals surface area contributed by atoms with Gasteiger partial charge in [0.2, 0.25) is 8.32 Å². The maximum Gasteiger partial charge on any atom is 0.432 e. The van der Waals surface area contributed by atoms with Crippen molar-refractivity contribution >= 4 is 43.4 Å². The molecule has 0 unspecified atom stereocenters. The first kappa shape index (κ1) is 34.6. The molecule has 1 amide bonds. The van der Waals surface area contributed by atoms with E-state index in [0.717, 1.165) is 11.3 Å². The smallest absolute Gasteiger partial charge is 0.432 e. The normalized spacial score (nSPS) is 13.1. The second-order valence-electron chi connectivity index (χ2n) is 13.0. The number of carbonyl (C=O) groups is 1. The summed E-state index contributed by atoms with van der Waals surface area (Å²) >= 11 is 13.8. The van der Waals surface area contributed by atoms with Crippen molar-refractivity contribution in [3.8, 4) is 28.4 Å². The number of ether oxygens (including phenoxy) is 2. The minimum absolute atomic E-state index is 0.0428. The van der Waals surface area contributed by atoms with Gasteiger partial charge >= 0.3 is 6.09 Å². The molecule has 0 saturated heterocycles. The number of aromatic nitrogens is 4. The van der Waals surface area contributed by atoms with Crippen LogP contribution in [0.25, 0.3) is 22.6 Å². The van der Waals surface area contributed by atoms with Crippen LogP contribution in [0.2, 0.25) is 28.2 Å². The van der Waals surface area contributed by atoms with E-state index in [1.165, 1.54) is 5.06 Å². The first-order chi connectivity index (χ1) is 22.2. The molecule has 3 aromatic heterocycles. The lowest BCUT2D eigenvalue weighted by atomic mass is 10.1. The lowest BCUT2D eigenvalue weighted by molar-refractivity contribution is -0.0404. The fraction of sp³-hybridized carbons (Fsp3) is 0.424. The van der Waals surface area contributed by atoms with Crippen molar-refractivity contribution in [2.75, 3.05) is 25.2 Å². The summed E-state index contributed by atoms with van der Waals surface area (Å²) in [6.45, 7) is 15.8. The van der Waals surface area contributed by atoms with Gasteiger partial charge in [0.1, 0.15) is 22.2 Å². The Morgan fingerprint density at radius 2 is 1.87 bits per heavy atom. The van der Waals surface area contributed by atoms with Crippen molar-refractivity contribution in [3.63, 3.8) is 0 Å². The molecule has 0 saturated carbocycles. The molecule has 0 radical (unpaired) electrons. The van der Waals surface area contributed by atoms with E-state index in [0.29, 0.717) is 81.8 Å². The van der Waals surface area contributed by atoms with E-state index in [2.05, 4.69) is 48.9 Å². The molecule has 4 heterocycles. The Labute approximate surface area is 286 Å². The number of amides is 1. The fourth-order valence-corrected chi connectivity index (χ4v) is 6.42. The topological polar surface area (TPSA) is 116 Å². The SMILES string of the molecule is Cc1noc(C)c1-c1nc(-c2cc(OCCCOC(=O)N(C)O[Si](C)(C)C(C)(C)C)ccc2Cl)nc(N2Cc3cccnc3C2)c1Cl. The Morgan fingerprint density at radius 3 is 2.55 bits per heavy atom. The summed E-state index contributed by atoms with van der Waals surface area (Å²) in [5.41, 5.74) is 4.51. The number of hydroxylamine groups is 2. The van der Waals surface area contributed by atoms with Gasteiger partial charge in [-0.3, -0.25) is 4.98 Å². The number of aryl methyl sites for hydroxylation is 2. The van der Waals surface area contributed by atoms with Gasteiger partial charge in [0, 0.05) is 31.8 Å². The molecule has 11 nitrogen and oxygen atoms in total. The molecule has 5 rings (SSSR count). The van der Waals surface area contributed by atoms with Crippen LogP contribution in [0.5, 0.6) is 5.75 Å². The molecule has 14 heteroatoms. The van der Waals surface area contributed by atoms with Gasteiger partial charge in [-0.25, -0.2) is 19.8 Å². The van der Waals surface area contributed by atoms with Crippen molar-refractivity contribution in [2.24, 2.45) is 0 Å². The van der Waals surface area contributed by atoms with Crippen molar-refractivity contribution in [1.29, 1.82) is 0 Å². The predicted octanol–water partition coefficient (Wildman–Crippen LogP) is 8.41. The molecule has 0 fully saturated rings. The standard InChI is InChI=1S/C33H40Cl2N6O5Si/c1-20-27(21(2)45-39-20)29-28(35)31(41-18-22-11-9-14-36-26(22)19-41)38-30(37-29)24-17-23(12-13-25(24)34)43-15-10-16-44-32(42)40(6)46-47(7,8)33(3,4)5/h9,11-14,17H,10,15-16,18-19H2,1-8H3. The highest BCUT2D eigenvalue weighted by Gasteiger charge is 2.40. The Hall–Kier alpha value is -3.71. The van der Waals surface area contributed by atoms with Crippen LogP contribution in [0.4, 0.5) is 10.6 Å². The van der Waals surface area contributed by atoms with Gasteiger partial charge in [0.05, 0.1) is 41.7 Å². The number of carbonyl (C=O) groups excluding carboxylic acids is 1. The van der Waals surface area contributed by atoms with Crippen molar-refractivity contribution in [2.45, 2.75) is 72.3 Å². The summed E-state index contributed by atoms with van der Waals surface area (Å²) in [6, 6.07) is 9.27. The van der Waals surface area contributed by atoms with Crippen LogP contribution in [0.15, 0.2) is 41.1 Å².